The second-order valence-electron chi connectivity index (χ2n) is 5.66. The highest BCUT2D eigenvalue weighted by Crippen LogP contribution is 2.32. The quantitative estimate of drug-likeness (QED) is 0.540. The lowest BCUT2D eigenvalue weighted by atomic mass is 9.78. The normalized spacial score (nSPS) is 21.7. The molecule has 0 aromatic rings. The van der Waals surface area contributed by atoms with Crippen molar-refractivity contribution in [3.8, 4) is 0 Å². The van der Waals surface area contributed by atoms with Gasteiger partial charge in [0.05, 0.1) is 5.71 Å². The van der Waals surface area contributed by atoms with Crippen LogP contribution in [-0.4, -0.2) is 15.0 Å². The van der Waals surface area contributed by atoms with Crippen LogP contribution in [0.1, 0.15) is 53.9 Å². The molecule has 1 aliphatic rings. The average molecular weight is 229 g/mol. The van der Waals surface area contributed by atoms with E-state index in [-0.39, 0.29) is 4.75 Å². The summed E-state index contributed by atoms with van der Waals surface area (Å²) in [5, 5.41) is 0. The summed E-state index contributed by atoms with van der Waals surface area (Å²) in [6.45, 7) is 10.2. The molecule has 0 aromatic heterocycles. The van der Waals surface area contributed by atoms with Crippen LogP contribution < -0.4 is 0 Å². The molecule has 3 heteroatoms. The summed E-state index contributed by atoms with van der Waals surface area (Å²) in [5.74, 6) is 1.04. The fourth-order valence-electron chi connectivity index (χ4n) is 1.59. The monoisotopic (exact) mass is 229 g/mol. The third-order valence-electron chi connectivity index (χ3n) is 2.83. The van der Waals surface area contributed by atoms with Crippen LogP contribution in [0, 0.1) is 11.8 Å². The molecule has 1 saturated carbocycles. The second-order valence-corrected chi connectivity index (χ2v) is 7.57. The maximum absolute atomic E-state index is 11.9. The van der Waals surface area contributed by atoms with Crippen molar-refractivity contribution in [2.24, 2.45) is 16.2 Å². The molecule has 0 saturated heterocycles. The van der Waals surface area contributed by atoms with Crippen LogP contribution in [0.3, 0.4) is 0 Å². The van der Waals surface area contributed by atoms with Gasteiger partial charge in [0.2, 0.25) is 0 Å². The van der Waals surface area contributed by atoms with E-state index in [2.05, 4.69) is 18.2 Å². The van der Waals surface area contributed by atoms with Crippen molar-refractivity contribution < 1.29 is 4.55 Å². The number of hydrogen-bond acceptors (Lipinski definition) is 2. The fourth-order valence-corrected chi connectivity index (χ4v) is 2.41. The molecule has 0 heterocycles. The molecule has 0 amide bonds. The summed E-state index contributed by atoms with van der Waals surface area (Å²) in [7, 11) is 0. The third kappa shape index (κ3) is 3.49. The van der Waals surface area contributed by atoms with E-state index in [0.29, 0.717) is 11.8 Å². The van der Waals surface area contributed by atoms with Crippen molar-refractivity contribution in [3.05, 3.63) is 0 Å². The highest BCUT2D eigenvalue weighted by molar-refractivity contribution is 7.91. The summed E-state index contributed by atoms with van der Waals surface area (Å²) in [6.07, 6.45) is 3.77. The van der Waals surface area contributed by atoms with Crippen LogP contribution in [0.25, 0.3) is 0 Å². The van der Waals surface area contributed by atoms with E-state index in [4.69, 9.17) is 0 Å². The number of hydrogen-bond donors (Lipinski definition) is 0. The van der Waals surface area contributed by atoms with Gasteiger partial charge in [0.25, 0.3) is 0 Å². The van der Waals surface area contributed by atoms with Gasteiger partial charge in [0, 0.05) is 5.92 Å². The van der Waals surface area contributed by atoms with Crippen LogP contribution in [0.15, 0.2) is 4.40 Å². The SMILES string of the molecule is CC(C)/C(=N/[S+]([O-])C(C)(C)C)C1CCC1. The predicted molar refractivity (Wildman–Crippen MR) is 67.5 cm³/mol. The highest BCUT2D eigenvalue weighted by Gasteiger charge is 2.32. The molecule has 1 fully saturated rings. The van der Waals surface area contributed by atoms with Crippen molar-refractivity contribution in [2.75, 3.05) is 0 Å². The number of rotatable bonds is 3. The van der Waals surface area contributed by atoms with E-state index in [0.717, 1.165) is 0 Å². The van der Waals surface area contributed by atoms with Crippen molar-refractivity contribution in [1.29, 1.82) is 0 Å². The van der Waals surface area contributed by atoms with E-state index in [1.165, 1.54) is 25.0 Å². The van der Waals surface area contributed by atoms with Crippen LogP contribution in [0.5, 0.6) is 0 Å². The Labute approximate surface area is 96.9 Å². The highest BCUT2D eigenvalue weighted by atomic mass is 32.2. The second kappa shape index (κ2) is 4.88. The first-order valence-electron chi connectivity index (χ1n) is 5.83. The van der Waals surface area contributed by atoms with Gasteiger partial charge in [-0.1, -0.05) is 24.7 Å². The first-order valence-corrected chi connectivity index (χ1v) is 6.93. The molecule has 0 aromatic carbocycles. The van der Waals surface area contributed by atoms with E-state index < -0.39 is 11.4 Å². The Hall–Kier alpha value is -0.0200. The number of nitrogens with zero attached hydrogens (tertiary/aromatic N) is 1. The zero-order valence-corrected chi connectivity index (χ0v) is 11.4. The van der Waals surface area contributed by atoms with E-state index in [9.17, 15) is 4.55 Å². The van der Waals surface area contributed by atoms with Gasteiger partial charge in [-0.3, -0.25) is 0 Å². The van der Waals surface area contributed by atoms with Crippen LogP contribution in [0.4, 0.5) is 0 Å². The predicted octanol–water partition coefficient (Wildman–Crippen LogP) is 3.35. The summed E-state index contributed by atoms with van der Waals surface area (Å²) in [5.41, 5.74) is 1.18. The van der Waals surface area contributed by atoms with E-state index in [1.807, 2.05) is 20.8 Å². The Morgan fingerprint density at radius 2 is 1.87 bits per heavy atom. The summed E-state index contributed by atoms with van der Waals surface area (Å²) in [6, 6.07) is 0. The molecule has 0 radical (unpaired) electrons. The lowest BCUT2D eigenvalue weighted by Crippen LogP contribution is -2.32. The van der Waals surface area contributed by atoms with Gasteiger partial charge in [-0.25, -0.2) is 0 Å². The van der Waals surface area contributed by atoms with E-state index >= 15 is 0 Å². The fraction of sp³-hybridized carbons (Fsp3) is 0.917. The first kappa shape index (κ1) is 13.0. The minimum Gasteiger partial charge on any atom is -0.591 e. The van der Waals surface area contributed by atoms with Gasteiger partial charge in [-0.15, -0.1) is 0 Å². The first-order chi connectivity index (χ1) is 6.82. The standard InChI is InChI=1S/C12H23NOS/c1-9(2)11(10-7-6-8-10)13-15(14)12(3,4)5/h9-10H,6-8H2,1-5H3/b13-11-. The smallest absolute Gasteiger partial charge is 0.144 e. The van der Waals surface area contributed by atoms with Gasteiger partial charge in [0.15, 0.2) is 0 Å². The van der Waals surface area contributed by atoms with Crippen LogP contribution in [-0.2, 0) is 11.4 Å². The van der Waals surface area contributed by atoms with Crippen molar-refractivity contribution in [2.45, 2.75) is 58.6 Å². The molecule has 1 rings (SSSR count). The maximum atomic E-state index is 11.9. The van der Waals surface area contributed by atoms with Gasteiger partial charge < -0.3 is 4.55 Å². The van der Waals surface area contributed by atoms with Gasteiger partial charge in [-0.2, -0.15) is 0 Å². The van der Waals surface area contributed by atoms with Crippen molar-refractivity contribution in [3.63, 3.8) is 0 Å². The molecule has 0 bridgehead atoms. The zero-order valence-electron chi connectivity index (χ0n) is 10.5. The summed E-state index contributed by atoms with van der Waals surface area (Å²) in [4.78, 5) is 0. The minimum atomic E-state index is -1.09. The molecule has 0 N–H and O–H groups in total. The Morgan fingerprint density at radius 1 is 1.33 bits per heavy atom. The molecule has 0 spiro atoms. The van der Waals surface area contributed by atoms with Crippen LogP contribution in [0.2, 0.25) is 0 Å². The average Bonchev–Trinajstić information content (AvgIpc) is 1.97. The van der Waals surface area contributed by atoms with Crippen molar-refractivity contribution >= 4 is 17.1 Å². The Balaban J connectivity index is 2.74. The zero-order chi connectivity index (χ0) is 11.6. The molecular weight excluding hydrogens is 206 g/mol. The topological polar surface area (TPSA) is 35.4 Å². The largest absolute Gasteiger partial charge is 0.591 e. The molecular formula is C12H23NOS. The molecule has 1 atom stereocenters. The minimum absolute atomic E-state index is 0.232. The van der Waals surface area contributed by atoms with Crippen LogP contribution >= 0.6 is 0 Å². The summed E-state index contributed by atoms with van der Waals surface area (Å²) >= 11 is -1.09. The third-order valence-corrected chi connectivity index (χ3v) is 4.25. The Kier molecular flexibility index (Phi) is 4.24. The lowest BCUT2D eigenvalue weighted by Gasteiger charge is -2.29. The maximum Gasteiger partial charge on any atom is 0.144 e. The van der Waals surface area contributed by atoms with E-state index in [1.54, 1.807) is 0 Å². The Bertz CT molecular complexity index is 238. The molecule has 2 nitrogen and oxygen atoms in total. The lowest BCUT2D eigenvalue weighted by molar-refractivity contribution is 0.402. The summed E-state index contributed by atoms with van der Waals surface area (Å²) < 4.78 is 16.2. The van der Waals surface area contributed by atoms with Gasteiger partial charge in [0.1, 0.15) is 16.1 Å². The van der Waals surface area contributed by atoms with Gasteiger partial charge in [-0.05, 0) is 39.5 Å². The Morgan fingerprint density at radius 3 is 2.13 bits per heavy atom. The van der Waals surface area contributed by atoms with Gasteiger partial charge >= 0.3 is 0 Å². The molecule has 1 aliphatic carbocycles. The van der Waals surface area contributed by atoms with Crippen molar-refractivity contribution in [1.82, 2.24) is 0 Å². The molecule has 15 heavy (non-hydrogen) atoms. The molecule has 1 unspecified atom stereocenters. The molecule has 88 valence electrons. The molecule has 0 aliphatic heterocycles.